The largest absolute Gasteiger partial charge is 0.435 e. The third-order valence-electron chi connectivity index (χ3n) is 6.07. The maximum Gasteiger partial charge on any atom is 0.435 e. The molecule has 13 heteroatoms. The number of halogens is 9. The molecule has 3 nitrogen and oxygen atoms in total. The molecule has 34 heavy (non-hydrogen) atoms. The first-order valence-electron chi connectivity index (χ1n) is 9.75. The molecule has 1 fully saturated rings. The fraction of sp³-hybridized carbons (Fsp3) is 0.429. The van der Waals surface area contributed by atoms with Crippen molar-refractivity contribution in [3.8, 4) is 0 Å². The van der Waals surface area contributed by atoms with Crippen LogP contribution in [0.4, 0.5) is 35.1 Å². The summed E-state index contributed by atoms with van der Waals surface area (Å²) in [5, 5.41) is 0. The number of hydrogen-bond acceptors (Lipinski definition) is 3. The predicted octanol–water partition coefficient (Wildman–Crippen LogP) is 6.11. The van der Waals surface area contributed by atoms with Crippen LogP contribution in [0, 0.1) is 5.82 Å². The van der Waals surface area contributed by atoms with Gasteiger partial charge in [-0.15, -0.1) is 12.4 Å². The third-order valence-corrected chi connectivity index (χ3v) is 8.63. The number of hydrogen-bond donors (Lipinski definition) is 1. The maximum atomic E-state index is 14.4. The molecule has 190 valence electrons. The van der Waals surface area contributed by atoms with Crippen molar-refractivity contribution in [1.82, 2.24) is 0 Å². The predicted molar refractivity (Wildman–Crippen MR) is 110 cm³/mol. The van der Waals surface area contributed by atoms with Gasteiger partial charge in [-0.2, -0.15) is 26.3 Å². The zero-order valence-corrected chi connectivity index (χ0v) is 18.9. The van der Waals surface area contributed by atoms with Crippen molar-refractivity contribution in [3.05, 3.63) is 65.5 Å². The highest BCUT2D eigenvalue weighted by Crippen LogP contribution is 2.54. The molecule has 1 saturated carbocycles. The summed E-state index contributed by atoms with van der Waals surface area (Å²) in [4.78, 5) is -0.270. The number of rotatable bonds is 4. The molecule has 0 atom stereocenters. The Morgan fingerprint density at radius 2 is 1.24 bits per heavy atom. The standard InChI is InChI=1S/C21H19F8NO2S.ClH/c22-15-5-7-17(8-6-15)33(31,32)18(11-9-16(30)10-12-18)13-1-3-14(4-2-13)19(23,20(24,25)26)21(27,28)29;/h1-8,16H,9-12,30H2;1H. The molecule has 0 spiro atoms. The van der Waals surface area contributed by atoms with Crippen molar-refractivity contribution < 1.29 is 43.5 Å². The fourth-order valence-electron chi connectivity index (χ4n) is 4.15. The summed E-state index contributed by atoms with van der Waals surface area (Å²) in [5.74, 6) is -0.698. The minimum atomic E-state index is -6.29. The van der Waals surface area contributed by atoms with E-state index in [2.05, 4.69) is 0 Å². The summed E-state index contributed by atoms with van der Waals surface area (Å²) >= 11 is 0. The van der Waals surface area contributed by atoms with E-state index in [1.807, 2.05) is 0 Å². The summed E-state index contributed by atoms with van der Waals surface area (Å²) in [6.45, 7) is 0. The Hall–Kier alpha value is -1.92. The van der Waals surface area contributed by atoms with Crippen molar-refractivity contribution in [2.75, 3.05) is 0 Å². The van der Waals surface area contributed by atoms with Crippen LogP contribution in [0.1, 0.15) is 36.8 Å². The van der Waals surface area contributed by atoms with E-state index in [4.69, 9.17) is 5.73 Å². The van der Waals surface area contributed by atoms with Gasteiger partial charge in [-0.05, 0) is 55.5 Å². The van der Waals surface area contributed by atoms with Gasteiger partial charge in [0.15, 0.2) is 9.84 Å². The van der Waals surface area contributed by atoms with Gasteiger partial charge in [0.05, 0.1) is 4.90 Å². The van der Waals surface area contributed by atoms with E-state index in [1.165, 1.54) is 0 Å². The van der Waals surface area contributed by atoms with E-state index in [0.29, 0.717) is 12.1 Å². The van der Waals surface area contributed by atoms with Crippen molar-refractivity contribution in [3.63, 3.8) is 0 Å². The van der Waals surface area contributed by atoms with Crippen LogP contribution in [0.3, 0.4) is 0 Å². The molecule has 0 saturated heterocycles. The molecule has 0 aromatic heterocycles. The van der Waals surface area contributed by atoms with E-state index in [-0.39, 0.29) is 54.6 Å². The lowest BCUT2D eigenvalue weighted by atomic mass is 9.80. The monoisotopic (exact) mass is 537 g/mol. The van der Waals surface area contributed by atoms with E-state index < -0.39 is 44.0 Å². The molecule has 0 aliphatic heterocycles. The molecule has 3 rings (SSSR count). The second-order valence-electron chi connectivity index (χ2n) is 8.02. The molecular formula is C21H20ClF8NO2S. The Bertz CT molecular complexity index is 1080. The van der Waals surface area contributed by atoms with Gasteiger partial charge in [0.2, 0.25) is 0 Å². The molecular weight excluding hydrogens is 518 g/mol. The Morgan fingerprint density at radius 1 is 0.794 bits per heavy atom. The summed E-state index contributed by atoms with van der Waals surface area (Å²) in [6, 6.07) is 5.65. The van der Waals surface area contributed by atoms with E-state index in [9.17, 15) is 43.5 Å². The zero-order chi connectivity index (χ0) is 24.9. The summed E-state index contributed by atoms with van der Waals surface area (Å²) < 4.78 is 131. The van der Waals surface area contributed by atoms with E-state index in [0.717, 1.165) is 36.4 Å². The topological polar surface area (TPSA) is 60.2 Å². The van der Waals surface area contributed by atoms with Gasteiger partial charge in [0, 0.05) is 11.6 Å². The van der Waals surface area contributed by atoms with Gasteiger partial charge >= 0.3 is 18.0 Å². The van der Waals surface area contributed by atoms with Crippen LogP contribution in [-0.4, -0.2) is 26.8 Å². The zero-order valence-electron chi connectivity index (χ0n) is 17.3. The van der Waals surface area contributed by atoms with Crippen LogP contribution in [-0.2, 0) is 20.3 Å². The molecule has 0 heterocycles. The van der Waals surface area contributed by atoms with Gasteiger partial charge in [0.1, 0.15) is 10.6 Å². The van der Waals surface area contributed by atoms with Gasteiger partial charge in [-0.25, -0.2) is 17.2 Å². The van der Waals surface area contributed by atoms with Crippen LogP contribution in [0.5, 0.6) is 0 Å². The van der Waals surface area contributed by atoms with Crippen molar-refractivity contribution in [2.24, 2.45) is 5.73 Å². The average Bonchev–Trinajstić information content (AvgIpc) is 2.72. The third kappa shape index (κ3) is 4.51. The second-order valence-corrected chi connectivity index (χ2v) is 10.3. The van der Waals surface area contributed by atoms with Crippen LogP contribution in [0.15, 0.2) is 53.4 Å². The Morgan fingerprint density at radius 3 is 1.65 bits per heavy atom. The molecule has 0 radical (unpaired) electrons. The highest BCUT2D eigenvalue weighted by Gasteiger charge is 2.73. The normalized spacial score (nSPS) is 22.2. The van der Waals surface area contributed by atoms with E-state index >= 15 is 0 Å². The Kier molecular flexibility index (Phi) is 7.72. The molecule has 1 aliphatic carbocycles. The van der Waals surface area contributed by atoms with Gasteiger partial charge in [-0.3, -0.25) is 0 Å². The first-order chi connectivity index (χ1) is 15.1. The molecule has 2 aromatic rings. The van der Waals surface area contributed by atoms with Gasteiger partial charge in [0.25, 0.3) is 0 Å². The molecule has 2 N–H and O–H groups in total. The molecule has 2 aromatic carbocycles. The SMILES string of the molecule is Cl.NC1CCC(c2ccc(C(F)(C(F)(F)F)C(F)(F)F)cc2)(S(=O)(=O)c2ccc(F)cc2)CC1. The number of alkyl halides is 7. The number of nitrogens with two attached hydrogens (primary N) is 1. The first-order valence-corrected chi connectivity index (χ1v) is 11.2. The van der Waals surface area contributed by atoms with E-state index in [1.54, 1.807) is 0 Å². The maximum absolute atomic E-state index is 14.4. The lowest BCUT2D eigenvalue weighted by Crippen LogP contribution is -2.50. The Balaban J connectivity index is 0.00000408. The second kappa shape index (κ2) is 9.27. The van der Waals surface area contributed by atoms with Crippen molar-refractivity contribution in [2.45, 2.75) is 59.4 Å². The van der Waals surface area contributed by atoms with Crippen LogP contribution < -0.4 is 5.73 Å². The quantitative estimate of drug-likeness (QED) is 0.378. The summed E-state index contributed by atoms with van der Waals surface area (Å²) in [5.41, 5.74) is -1.58. The average molecular weight is 538 g/mol. The Labute approximate surface area is 196 Å². The highest BCUT2D eigenvalue weighted by molar-refractivity contribution is 7.92. The minimum Gasteiger partial charge on any atom is -0.328 e. The number of benzene rings is 2. The van der Waals surface area contributed by atoms with Crippen molar-refractivity contribution in [1.29, 1.82) is 0 Å². The first kappa shape index (κ1) is 28.3. The fourth-order valence-corrected chi connectivity index (χ4v) is 6.32. The highest BCUT2D eigenvalue weighted by atomic mass is 35.5. The molecule has 0 amide bonds. The summed E-state index contributed by atoms with van der Waals surface area (Å²) in [6.07, 6.45) is -12.3. The lowest BCUT2D eigenvalue weighted by molar-refractivity contribution is -0.348. The van der Waals surface area contributed by atoms with Crippen LogP contribution >= 0.6 is 12.4 Å². The molecule has 0 unspecified atom stereocenters. The van der Waals surface area contributed by atoms with Gasteiger partial charge in [-0.1, -0.05) is 24.3 Å². The van der Waals surface area contributed by atoms with Crippen LogP contribution in [0.2, 0.25) is 0 Å². The summed E-state index contributed by atoms with van der Waals surface area (Å²) in [7, 11) is -4.28. The number of sulfone groups is 1. The molecule has 1 aliphatic rings. The lowest BCUT2D eigenvalue weighted by Gasteiger charge is -2.39. The van der Waals surface area contributed by atoms with Crippen LogP contribution in [0.25, 0.3) is 0 Å². The minimum absolute atomic E-state index is 0. The smallest absolute Gasteiger partial charge is 0.328 e. The van der Waals surface area contributed by atoms with Gasteiger partial charge < -0.3 is 5.73 Å². The molecule has 0 bridgehead atoms. The van der Waals surface area contributed by atoms with Crippen molar-refractivity contribution >= 4 is 22.2 Å².